The van der Waals surface area contributed by atoms with Crippen LogP contribution in [0.3, 0.4) is 0 Å². The molecule has 2 heterocycles. The van der Waals surface area contributed by atoms with Gasteiger partial charge in [-0.25, -0.2) is 9.97 Å². The molecule has 1 aromatic heterocycles. The van der Waals surface area contributed by atoms with E-state index in [4.69, 9.17) is 10.5 Å². The number of amides is 1. The Hall–Kier alpha value is -2.71. The summed E-state index contributed by atoms with van der Waals surface area (Å²) >= 11 is 0. The summed E-state index contributed by atoms with van der Waals surface area (Å²) in [4.78, 5) is 21.6. The van der Waals surface area contributed by atoms with E-state index in [-0.39, 0.29) is 5.56 Å². The van der Waals surface area contributed by atoms with Crippen LogP contribution in [0, 0.1) is 0 Å². The minimum Gasteiger partial charge on any atom is -0.495 e. The Morgan fingerprint density at radius 1 is 1.33 bits per heavy atom. The number of anilines is 2. The average Bonchev–Trinajstić information content (AvgIpc) is 2.60. The van der Waals surface area contributed by atoms with Gasteiger partial charge < -0.3 is 20.9 Å². The largest absolute Gasteiger partial charge is 0.495 e. The van der Waals surface area contributed by atoms with E-state index in [0.717, 1.165) is 25.2 Å². The van der Waals surface area contributed by atoms with Crippen LogP contribution < -0.4 is 15.8 Å². The van der Waals surface area contributed by atoms with E-state index in [1.54, 1.807) is 7.11 Å². The molecule has 0 spiro atoms. The van der Waals surface area contributed by atoms with Crippen molar-refractivity contribution in [3.8, 4) is 5.75 Å². The van der Waals surface area contributed by atoms with Crippen LogP contribution in [0.4, 0.5) is 11.6 Å². The first-order valence-corrected chi connectivity index (χ1v) is 8.78. The highest BCUT2D eigenvalue weighted by Crippen LogP contribution is 2.33. The zero-order chi connectivity index (χ0) is 19.6. The molecule has 1 aliphatic heterocycles. The summed E-state index contributed by atoms with van der Waals surface area (Å²) in [5.41, 5.74) is 7.87. The van der Waals surface area contributed by atoms with E-state index >= 15 is 0 Å². The van der Waals surface area contributed by atoms with Crippen LogP contribution in [0.15, 0.2) is 24.5 Å². The second-order valence-electron chi connectivity index (χ2n) is 7.38. The van der Waals surface area contributed by atoms with Crippen molar-refractivity contribution in [1.29, 1.82) is 0 Å². The lowest BCUT2D eigenvalue weighted by Gasteiger charge is -2.33. The number of methoxy groups -OCH3 is 1. The number of fused-ring (bicyclic) bond motifs is 1. The van der Waals surface area contributed by atoms with E-state index in [2.05, 4.69) is 20.2 Å². The second-order valence-corrected chi connectivity index (χ2v) is 7.38. The van der Waals surface area contributed by atoms with Gasteiger partial charge in [0.25, 0.3) is 5.91 Å². The van der Waals surface area contributed by atoms with Gasteiger partial charge in [0.15, 0.2) is 0 Å². The topological polar surface area (TPSA) is 114 Å². The van der Waals surface area contributed by atoms with Gasteiger partial charge >= 0.3 is 0 Å². The molecule has 0 radical (unpaired) electrons. The molecule has 0 atom stereocenters. The number of aromatic nitrogens is 2. The van der Waals surface area contributed by atoms with Gasteiger partial charge in [-0.2, -0.15) is 0 Å². The lowest BCUT2D eigenvalue weighted by molar-refractivity contribution is 0.0317. The summed E-state index contributed by atoms with van der Waals surface area (Å²) < 4.78 is 5.51. The van der Waals surface area contributed by atoms with Gasteiger partial charge in [0.2, 0.25) is 5.95 Å². The summed E-state index contributed by atoms with van der Waals surface area (Å²) in [5, 5.41) is 13.2. The minimum absolute atomic E-state index is 0.250. The molecule has 1 aliphatic rings. The van der Waals surface area contributed by atoms with Crippen LogP contribution in [0.2, 0.25) is 0 Å². The summed E-state index contributed by atoms with van der Waals surface area (Å²) in [7, 11) is 1.62. The van der Waals surface area contributed by atoms with Gasteiger partial charge in [0, 0.05) is 32.0 Å². The number of aliphatic hydroxyl groups is 1. The fraction of sp³-hybridized carbons (Fsp3) is 0.421. The maximum Gasteiger partial charge on any atom is 0.251 e. The molecule has 0 fully saturated rings. The lowest BCUT2D eigenvalue weighted by atomic mass is 9.97. The van der Waals surface area contributed by atoms with Crippen LogP contribution >= 0.6 is 0 Å². The fourth-order valence-corrected chi connectivity index (χ4v) is 3.23. The number of nitrogens with zero attached hydrogens (tertiary/aromatic N) is 3. The van der Waals surface area contributed by atoms with Gasteiger partial charge in [0.05, 0.1) is 24.0 Å². The summed E-state index contributed by atoms with van der Waals surface area (Å²) in [6.45, 7) is 5.89. The molecule has 3 rings (SSSR count). The maximum absolute atomic E-state index is 11.1. The molecule has 8 heteroatoms. The molecule has 27 heavy (non-hydrogen) atoms. The standard InChI is InChI=1S/C19H25N5O3/c1-19(2,26)11-24-5-4-12-7-16(27-3)15(6-13(12)10-24)23-18-21-8-14(9-22-18)17(20)25/h6-9,26H,4-5,10-11H2,1-3H3,(H2,20,25)(H,21,22,23). The Labute approximate surface area is 158 Å². The molecule has 0 aliphatic carbocycles. The number of carbonyl (C=O) groups excluding carboxylic acids is 1. The van der Waals surface area contributed by atoms with Crippen molar-refractivity contribution in [3.05, 3.63) is 41.2 Å². The molecule has 0 bridgehead atoms. The number of benzene rings is 1. The average molecular weight is 371 g/mol. The van der Waals surface area contributed by atoms with Crippen LogP contribution in [0.1, 0.15) is 35.3 Å². The number of β-amino-alcohol motifs (C(OH)–C–C–N with tert-alkyl or cyclic N) is 1. The SMILES string of the molecule is COc1cc2c(cc1Nc1ncc(C(N)=O)cn1)CN(CC(C)(C)O)CC2. The number of primary amides is 1. The quantitative estimate of drug-likeness (QED) is 0.704. The second kappa shape index (κ2) is 7.50. The van der Waals surface area contributed by atoms with Crippen molar-refractivity contribution in [3.63, 3.8) is 0 Å². The molecular weight excluding hydrogens is 346 g/mol. The number of carbonyl (C=O) groups is 1. The smallest absolute Gasteiger partial charge is 0.251 e. The zero-order valence-electron chi connectivity index (χ0n) is 15.8. The molecule has 0 saturated carbocycles. The Morgan fingerprint density at radius 2 is 2.04 bits per heavy atom. The third-order valence-electron chi connectivity index (χ3n) is 4.41. The number of nitrogens with one attached hydrogen (secondary N) is 1. The van der Waals surface area contributed by atoms with Crippen LogP contribution in [-0.4, -0.2) is 51.7 Å². The highest BCUT2D eigenvalue weighted by molar-refractivity contribution is 5.92. The molecule has 8 nitrogen and oxygen atoms in total. The normalized spacial score (nSPS) is 14.5. The minimum atomic E-state index is -0.735. The summed E-state index contributed by atoms with van der Waals surface area (Å²) in [6, 6.07) is 4.05. The predicted molar refractivity (Wildman–Crippen MR) is 102 cm³/mol. The molecule has 0 saturated heterocycles. The van der Waals surface area contributed by atoms with Gasteiger partial charge in [0.1, 0.15) is 5.75 Å². The van der Waals surface area contributed by atoms with Crippen LogP contribution in [0.5, 0.6) is 5.75 Å². The maximum atomic E-state index is 11.1. The Morgan fingerprint density at radius 3 is 2.63 bits per heavy atom. The van der Waals surface area contributed by atoms with Crippen molar-refractivity contribution in [2.75, 3.05) is 25.5 Å². The molecule has 1 amide bonds. The first-order valence-electron chi connectivity index (χ1n) is 8.78. The molecular formula is C19H25N5O3. The molecule has 0 unspecified atom stereocenters. The molecule has 4 N–H and O–H groups in total. The van der Waals surface area contributed by atoms with Crippen molar-refractivity contribution in [1.82, 2.24) is 14.9 Å². The summed E-state index contributed by atoms with van der Waals surface area (Å²) in [5.74, 6) is 0.481. The van der Waals surface area contributed by atoms with E-state index in [9.17, 15) is 9.90 Å². The third-order valence-corrected chi connectivity index (χ3v) is 4.41. The third kappa shape index (κ3) is 4.72. The number of hydrogen-bond donors (Lipinski definition) is 3. The highest BCUT2D eigenvalue weighted by Gasteiger charge is 2.24. The molecule has 144 valence electrons. The first-order chi connectivity index (χ1) is 12.7. The van der Waals surface area contributed by atoms with Crippen molar-refractivity contribution in [2.24, 2.45) is 5.73 Å². The van der Waals surface area contributed by atoms with Crippen LogP contribution in [0.25, 0.3) is 0 Å². The Bertz CT molecular complexity index is 830. The van der Waals surface area contributed by atoms with E-state index in [0.29, 0.717) is 18.2 Å². The highest BCUT2D eigenvalue weighted by atomic mass is 16.5. The molecule has 2 aromatic rings. The number of ether oxygens (including phenoxy) is 1. The van der Waals surface area contributed by atoms with Crippen molar-refractivity contribution in [2.45, 2.75) is 32.4 Å². The Kier molecular flexibility index (Phi) is 5.29. The van der Waals surface area contributed by atoms with Crippen molar-refractivity contribution < 1.29 is 14.6 Å². The monoisotopic (exact) mass is 371 g/mol. The zero-order valence-corrected chi connectivity index (χ0v) is 15.8. The Balaban J connectivity index is 1.83. The number of rotatable bonds is 6. The van der Waals surface area contributed by atoms with Gasteiger partial charge in [-0.15, -0.1) is 0 Å². The van der Waals surface area contributed by atoms with Gasteiger partial charge in [-0.1, -0.05) is 0 Å². The first kappa shape index (κ1) is 19.1. The van der Waals surface area contributed by atoms with Crippen molar-refractivity contribution >= 4 is 17.5 Å². The number of nitrogens with two attached hydrogens (primary N) is 1. The van der Waals surface area contributed by atoms with E-state index in [1.807, 2.05) is 26.0 Å². The van der Waals surface area contributed by atoms with E-state index < -0.39 is 11.5 Å². The van der Waals surface area contributed by atoms with Gasteiger partial charge in [-0.3, -0.25) is 9.69 Å². The van der Waals surface area contributed by atoms with Gasteiger partial charge in [-0.05, 0) is 43.5 Å². The predicted octanol–water partition coefficient (Wildman–Crippen LogP) is 1.46. The molecule has 1 aromatic carbocycles. The summed E-state index contributed by atoms with van der Waals surface area (Å²) in [6.07, 6.45) is 3.66. The fourth-order valence-electron chi connectivity index (χ4n) is 3.23. The van der Waals surface area contributed by atoms with E-state index in [1.165, 1.54) is 23.5 Å². The number of hydrogen-bond acceptors (Lipinski definition) is 7. The van der Waals surface area contributed by atoms with Crippen LogP contribution in [-0.2, 0) is 13.0 Å². The lowest BCUT2D eigenvalue weighted by Crippen LogP contribution is -2.41.